The molecule has 2 aromatic carbocycles. The van der Waals surface area contributed by atoms with Gasteiger partial charge in [-0.05, 0) is 23.3 Å². The van der Waals surface area contributed by atoms with Gasteiger partial charge in [0.1, 0.15) is 5.75 Å². The van der Waals surface area contributed by atoms with E-state index in [9.17, 15) is 9.59 Å². The van der Waals surface area contributed by atoms with Crippen molar-refractivity contribution in [2.75, 3.05) is 13.7 Å². The van der Waals surface area contributed by atoms with Gasteiger partial charge in [-0.25, -0.2) is 0 Å². The number of benzene rings is 2. The van der Waals surface area contributed by atoms with Crippen molar-refractivity contribution in [3.8, 4) is 5.75 Å². The largest absolute Gasteiger partial charge is 0.497 e. The van der Waals surface area contributed by atoms with Crippen molar-refractivity contribution in [2.24, 2.45) is 5.92 Å². The monoisotopic (exact) mass is 338 g/mol. The zero-order chi connectivity index (χ0) is 17.6. The van der Waals surface area contributed by atoms with Crippen LogP contribution in [0.4, 0.5) is 0 Å². The summed E-state index contributed by atoms with van der Waals surface area (Å²) in [7, 11) is 1.61. The normalized spacial score (nSPS) is 16.8. The van der Waals surface area contributed by atoms with Crippen LogP contribution in [0.15, 0.2) is 54.6 Å². The summed E-state index contributed by atoms with van der Waals surface area (Å²) >= 11 is 0. The summed E-state index contributed by atoms with van der Waals surface area (Å²) in [5, 5.41) is 2.92. The molecule has 5 heteroatoms. The van der Waals surface area contributed by atoms with E-state index in [0.29, 0.717) is 19.6 Å². The van der Waals surface area contributed by atoms with Gasteiger partial charge >= 0.3 is 0 Å². The van der Waals surface area contributed by atoms with Crippen molar-refractivity contribution in [3.63, 3.8) is 0 Å². The van der Waals surface area contributed by atoms with Gasteiger partial charge in [0.25, 0.3) is 0 Å². The second-order valence-electron chi connectivity index (χ2n) is 6.23. The van der Waals surface area contributed by atoms with Crippen molar-refractivity contribution in [2.45, 2.75) is 19.5 Å². The van der Waals surface area contributed by atoms with Crippen LogP contribution in [0.1, 0.15) is 17.5 Å². The molecule has 3 rings (SSSR count). The summed E-state index contributed by atoms with van der Waals surface area (Å²) in [4.78, 5) is 26.3. The Balaban J connectivity index is 1.53. The van der Waals surface area contributed by atoms with Gasteiger partial charge in [0.05, 0.1) is 13.0 Å². The quantitative estimate of drug-likeness (QED) is 0.880. The highest BCUT2D eigenvalue weighted by molar-refractivity contribution is 5.89. The van der Waals surface area contributed by atoms with Crippen LogP contribution >= 0.6 is 0 Å². The standard InChI is InChI=1S/C20H22N2O3/c1-25-18-9-5-8-16(10-18)12-21-20(24)17-11-19(23)22(14-17)13-15-6-3-2-4-7-15/h2-10,17H,11-14H2,1H3,(H,21,24)/t17-/m1/s1. The SMILES string of the molecule is COc1cccc(CNC(=O)[C@@H]2CC(=O)N(Cc3ccccc3)C2)c1. The number of nitrogens with one attached hydrogen (secondary N) is 1. The highest BCUT2D eigenvalue weighted by atomic mass is 16.5. The van der Waals surface area contributed by atoms with E-state index in [1.807, 2.05) is 54.6 Å². The van der Waals surface area contributed by atoms with Gasteiger partial charge < -0.3 is 15.0 Å². The molecule has 1 aliphatic rings. The lowest BCUT2D eigenvalue weighted by molar-refractivity contribution is -0.129. The first-order valence-electron chi connectivity index (χ1n) is 8.38. The fourth-order valence-corrected chi connectivity index (χ4v) is 3.02. The van der Waals surface area contributed by atoms with Crippen LogP contribution in [0.3, 0.4) is 0 Å². The highest BCUT2D eigenvalue weighted by Gasteiger charge is 2.34. The highest BCUT2D eigenvalue weighted by Crippen LogP contribution is 2.20. The average Bonchev–Trinajstić information content (AvgIpc) is 3.01. The van der Waals surface area contributed by atoms with E-state index >= 15 is 0 Å². The number of nitrogens with zero attached hydrogens (tertiary/aromatic N) is 1. The minimum atomic E-state index is -0.290. The Bertz CT molecular complexity index is 746. The molecule has 0 bridgehead atoms. The molecule has 0 aromatic heterocycles. The molecule has 2 amide bonds. The van der Waals surface area contributed by atoms with Crippen molar-refractivity contribution in [1.29, 1.82) is 0 Å². The molecule has 1 saturated heterocycles. The first kappa shape index (κ1) is 17.0. The zero-order valence-electron chi connectivity index (χ0n) is 14.3. The molecule has 0 saturated carbocycles. The number of likely N-dealkylation sites (tertiary alicyclic amines) is 1. The van der Waals surface area contributed by atoms with Gasteiger partial charge in [-0.3, -0.25) is 9.59 Å². The minimum absolute atomic E-state index is 0.0328. The Hall–Kier alpha value is -2.82. The maximum Gasteiger partial charge on any atom is 0.225 e. The minimum Gasteiger partial charge on any atom is -0.497 e. The summed E-state index contributed by atoms with van der Waals surface area (Å²) in [5.74, 6) is 0.427. The average molecular weight is 338 g/mol. The molecule has 0 aliphatic carbocycles. The summed E-state index contributed by atoms with van der Waals surface area (Å²) in [6, 6.07) is 17.4. The number of carbonyl (C=O) groups excluding carboxylic acids is 2. The van der Waals surface area contributed by atoms with Crippen LogP contribution in [0, 0.1) is 5.92 Å². The molecule has 1 aliphatic heterocycles. The second-order valence-corrected chi connectivity index (χ2v) is 6.23. The van der Waals surface area contributed by atoms with Crippen LogP contribution in [0.25, 0.3) is 0 Å². The fourth-order valence-electron chi connectivity index (χ4n) is 3.02. The Labute approximate surface area is 147 Å². The third-order valence-electron chi connectivity index (χ3n) is 4.40. The number of methoxy groups -OCH3 is 1. The summed E-state index contributed by atoms with van der Waals surface area (Å²) < 4.78 is 5.18. The third-order valence-corrected chi connectivity index (χ3v) is 4.40. The van der Waals surface area contributed by atoms with Crippen molar-refractivity contribution < 1.29 is 14.3 Å². The van der Waals surface area contributed by atoms with E-state index in [-0.39, 0.29) is 24.2 Å². The van der Waals surface area contributed by atoms with Crippen molar-refractivity contribution in [3.05, 3.63) is 65.7 Å². The van der Waals surface area contributed by atoms with Crippen LogP contribution in [0.2, 0.25) is 0 Å². The van der Waals surface area contributed by atoms with Crippen molar-refractivity contribution in [1.82, 2.24) is 10.2 Å². The van der Waals surface area contributed by atoms with Gasteiger partial charge in [0.2, 0.25) is 11.8 Å². The Kier molecular flexibility index (Phi) is 5.33. The predicted octanol–water partition coefficient (Wildman–Crippen LogP) is 2.36. The molecule has 1 fully saturated rings. The maximum atomic E-state index is 12.4. The number of ether oxygens (including phenoxy) is 1. The van der Waals surface area contributed by atoms with E-state index < -0.39 is 0 Å². The molecule has 130 valence electrons. The lowest BCUT2D eigenvalue weighted by Gasteiger charge is -2.16. The molecule has 1 atom stereocenters. The Morgan fingerprint density at radius 3 is 2.68 bits per heavy atom. The molecule has 0 spiro atoms. The van der Waals surface area contributed by atoms with Crippen LogP contribution in [-0.2, 0) is 22.7 Å². The zero-order valence-corrected chi connectivity index (χ0v) is 14.3. The summed E-state index contributed by atoms with van der Waals surface area (Å²) in [6.45, 7) is 1.45. The summed E-state index contributed by atoms with van der Waals surface area (Å²) in [6.07, 6.45) is 0.275. The Morgan fingerprint density at radius 2 is 1.92 bits per heavy atom. The lowest BCUT2D eigenvalue weighted by Crippen LogP contribution is -2.32. The van der Waals surface area contributed by atoms with Crippen molar-refractivity contribution >= 4 is 11.8 Å². The molecule has 0 unspecified atom stereocenters. The number of rotatable bonds is 6. The molecule has 5 nitrogen and oxygen atoms in total. The van der Waals surface area contributed by atoms with E-state index in [1.54, 1.807) is 12.0 Å². The first-order chi connectivity index (χ1) is 12.2. The topological polar surface area (TPSA) is 58.6 Å². The fraction of sp³-hybridized carbons (Fsp3) is 0.300. The molecule has 1 heterocycles. The predicted molar refractivity (Wildman–Crippen MR) is 94.8 cm³/mol. The number of carbonyl (C=O) groups is 2. The molecule has 2 aromatic rings. The van der Waals surface area contributed by atoms with E-state index in [1.165, 1.54) is 0 Å². The molecule has 0 radical (unpaired) electrons. The van der Waals surface area contributed by atoms with E-state index in [2.05, 4.69) is 5.32 Å². The van der Waals surface area contributed by atoms with Crippen LogP contribution < -0.4 is 10.1 Å². The lowest BCUT2D eigenvalue weighted by atomic mass is 10.1. The number of hydrogen-bond acceptors (Lipinski definition) is 3. The van der Waals surface area contributed by atoms with Gasteiger partial charge in [0, 0.05) is 26.1 Å². The molecule has 1 N–H and O–H groups in total. The molecular weight excluding hydrogens is 316 g/mol. The van der Waals surface area contributed by atoms with E-state index in [0.717, 1.165) is 16.9 Å². The van der Waals surface area contributed by atoms with E-state index in [4.69, 9.17) is 4.74 Å². The summed E-state index contributed by atoms with van der Waals surface area (Å²) in [5.41, 5.74) is 2.05. The molecule has 25 heavy (non-hydrogen) atoms. The van der Waals surface area contributed by atoms with Crippen LogP contribution in [0.5, 0.6) is 5.75 Å². The number of hydrogen-bond donors (Lipinski definition) is 1. The number of amides is 2. The van der Waals surface area contributed by atoms with Gasteiger partial charge in [-0.15, -0.1) is 0 Å². The third kappa shape index (κ3) is 4.38. The maximum absolute atomic E-state index is 12.4. The molecular formula is C20H22N2O3. The van der Waals surface area contributed by atoms with Gasteiger partial charge in [0.15, 0.2) is 0 Å². The van der Waals surface area contributed by atoms with Gasteiger partial charge in [-0.1, -0.05) is 42.5 Å². The smallest absolute Gasteiger partial charge is 0.225 e. The second kappa shape index (κ2) is 7.83. The van der Waals surface area contributed by atoms with Gasteiger partial charge in [-0.2, -0.15) is 0 Å². The Morgan fingerprint density at radius 1 is 1.16 bits per heavy atom. The van der Waals surface area contributed by atoms with Crippen LogP contribution in [-0.4, -0.2) is 30.4 Å². The first-order valence-corrected chi connectivity index (χ1v) is 8.38.